The number of nitrogens with zero attached hydrogens (tertiary/aromatic N) is 4. The van der Waals surface area contributed by atoms with Gasteiger partial charge in [-0.2, -0.15) is 0 Å². The van der Waals surface area contributed by atoms with Gasteiger partial charge in [-0.3, -0.25) is 9.59 Å². The van der Waals surface area contributed by atoms with Crippen LogP contribution in [0.25, 0.3) is 0 Å². The van der Waals surface area contributed by atoms with E-state index in [1.54, 1.807) is 11.9 Å². The third-order valence-corrected chi connectivity index (χ3v) is 8.43. The minimum absolute atomic E-state index is 0.103. The molecular formula is C30H47N5O6S. The molecule has 234 valence electrons. The number of aromatic nitrogens is 1. The normalized spacial score (nSPS) is 14.4. The molecule has 42 heavy (non-hydrogen) atoms. The molecule has 0 bridgehead atoms. The first kappa shape index (κ1) is 36.6. The first-order valence-corrected chi connectivity index (χ1v) is 14.7. The highest BCUT2D eigenvalue weighted by atomic mass is 32.1. The highest BCUT2D eigenvalue weighted by Crippen LogP contribution is 2.33. The Morgan fingerprint density at radius 1 is 1.19 bits per heavy atom. The third kappa shape index (κ3) is 9.84. The van der Waals surface area contributed by atoms with Crippen LogP contribution in [0.4, 0.5) is 4.79 Å². The molecule has 2 N–H and O–H groups in total. The van der Waals surface area contributed by atoms with Gasteiger partial charge in [-0.1, -0.05) is 27.4 Å². The molecular weight excluding hydrogens is 558 g/mol. The van der Waals surface area contributed by atoms with Crippen molar-refractivity contribution in [2.75, 3.05) is 35.2 Å². The Bertz CT molecular complexity index is 1170. The van der Waals surface area contributed by atoms with Crippen LogP contribution in [0.2, 0.25) is 0 Å². The van der Waals surface area contributed by atoms with Crippen LogP contribution in [-0.4, -0.2) is 95.5 Å². The van der Waals surface area contributed by atoms with Crippen molar-refractivity contribution in [3.63, 3.8) is 0 Å². The van der Waals surface area contributed by atoms with E-state index in [2.05, 4.69) is 22.8 Å². The molecule has 0 spiro atoms. The van der Waals surface area contributed by atoms with Gasteiger partial charge in [0.2, 0.25) is 11.8 Å². The molecule has 1 aromatic heterocycles. The number of carboxylic acid groups (broad SMARTS) is 1. The number of amides is 3. The van der Waals surface area contributed by atoms with E-state index in [0.29, 0.717) is 11.4 Å². The molecule has 11 nitrogen and oxygen atoms in total. The van der Waals surface area contributed by atoms with Crippen LogP contribution < -0.4 is 5.32 Å². The number of aromatic carboxylic acids is 1. The van der Waals surface area contributed by atoms with E-state index >= 15 is 0 Å². The van der Waals surface area contributed by atoms with Crippen molar-refractivity contribution in [2.24, 2.45) is 17.8 Å². The maximum atomic E-state index is 14.1. The van der Waals surface area contributed by atoms with Gasteiger partial charge < -0.3 is 29.9 Å². The second-order valence-electron chi connectivity index (χ2n) is 11.8. The highest BCUT2D eigenvalue weighted by Gasteiger charge is 2.38. The topological polar surface area (TPSA) is 132 Å². The summed E-state index contributed by atoms with van der Waals surface area (Å²) in [6.45, 7) is 13.7. The highest BCUT2D eigenvalue weighted by molar-refractivity contribution is 7.09. The predicted molar refractivity (Wildman–Crippen MR) is 164 cm³/mol. The van der Waals surface area contributed by atoms with Crippen LogP contribution in [0.5, 0.6) is 0 Å². The fourth-order valence-electron chi connectivity index (χ4n) is 4.31. The number of carboxylic acids is 1. The summed E-state index contributed by atoms with van der Waals surface area (Å²) in [5, 5.41) is 13.9. The summed E-state index contributed by atoms with van der Waals surface area (Å²) >= 11 is 1.07. The number of terminal acetylenes is 1. The van der Waals surface area contributed by atoms with E-state index < -0.39 is 41.6 Å². The molecule has 0 aliphatic rings. The lowest BCUT2D eigenvalue weighted by Crippen LogP contribution is -2.48. The summed E-state index contributed by atoms with van der Waals surface area (Å²) in [7, 11) is 8.49. The Kier molecular flexibility index (Phi) is 13.7. The van der Waals surface area contributed by atoms with Crippen molar-refractivity contribution in [1.29, 1.82) is 0 Å². The lowest BCUT2D eigenvalue weighted by Gasteiger charge is -2.37. The fraction of sp³-hybridized carbons (Fsp3) is 0.633. The van der Waals surface area contributed by atoms with Crippen molar-refractivity contribution in [3.05, 3.63) is 28.4 Å². The molecule has 4 atom stereocenters. The van der Waals surface area contributed by atoms with Gasteiger partial charge in [0.05, 0.1) is 5.92 Å². The van der Waals surface area contributed by atoms with Crippen LogP contribution >= 0.6 is 11.3 Å². The van der Waals surface area contributed by atoms with E-state index in [1.165, 1.54) is 24.4 Å². The summed E-state index contributed by atoms with van der Waals surface area (Å²) < 4.78 is 5.71. The van der Waals surface area contributed by atoms with Gasteiger partial charge in [-0.25, -0.2) is 14.6 Å². The number of carbonyl (C=O) groups is 4. The van der Waals surface area contributed by atoms with E-state index in [4.69, 9.17) is 11.2 Å². The van der Waals surface area contributed by atoms with Crippen LogP contribution in [0, 0.1) is 30.1 Å². The van der Waals surface area contributed by atoms with E-state index in [0.717, 1.165) is 11.3 Å². The summed E-state index contributed by atoms with van der Waals surface area (Å²) in [4.78, 5) is 60.0. The zero-order valence-corrected chi connectivity index (χ0v) is 27.4. The lowest BCUT2D eigenvalue weighted by molar-refractivity contribution is -0.138. The molecule has 1 aromatic rings. The average molecular weight is 606 g/mol. The van der Waals surface area contributed by atoms with Crippen molar-refractivity contribution < 1.29 is 29.0 Å². The van der Waals surface area contributed by atoms with Crippen LogP contribution in [0.15, 0.2) is 17.7 Å². The Hall–Kier alpha value is -3.43. The number of carbonyl (C=O) groups excluding carboxylic acids is 3. The molecule has 1 rings (SSSR count). The number of hydrogen-bond donors (Lipinski definition) is 2. The minimum atomic E-state index is -1.19. The van der Waals surface area contributed by atoms with Crippen molar-refractivity contribution >= 4 is 35.2 Å². The quantitative estimate of drug-likeness (QED) is 0.286. The standard InChI is InChI=1S/C30H47N5O6S/c1-13-20(14-2)25(19(5)31-24(36)16-30(6,7)34(10)11)27(37)35(12)22(18(3)4)15-23(41-29(40)33(8)9)26-32-21(17-42-26)28(38)39/h1,17-18,20,22-23,25H,5,14-16H2,2-4,6-12H3,(H,31,36)(H,38,39)/t20-,22+,23+,25-/m0/s1. The maximum Gasteiger partial charge on any atom is 0.409 e. The molecule has 0 unspecified atom stereocenters. The number of ether oxygens (including phenoxy) is 1. The molecule has 0 aliphatic heterocycles. The summed E-state index contributed by atoms with van der Waals surface area (Å²) in [6, 6.07) is -0.469. The largest absolute Gasteiger partial charge is 0.476 e. The Morgan fingerprint density at radius 2 is 1.79 bits per heavy atom. The van der Waals surface area contributed by atoms with Crippen LogP contribution in [0.3, 0.4) is 0 Å². The number of hydrogen-bond acceptors (Lipinski definition) is 8. The lowest BCUT2D eigenvalue weighted by atomic mass is 9.85. The van der Waals surface area contributed by atoms with Gasteiger partial charge in [0.15, 0.2) is 11.8 Å². The first-order valence-electron chi connectivity index (χ1n) is 13.8. The number of rotatable bonds is 15. The fourth-order valence-corrected chi connectivity index (χ4v) is 5.14. The van der Waals surface area contributed by atoms with Crippen molar-refractivity contribution in [3.8, 4) is 12.3 Å². The van der Waals surface area contributed by atoms with Gasteiger partial charge in [0.25, 0.3) is 0 Å². The SMILES string of the molecule is C#C[C@@H](CC)[C@H](C(=C)NC(=O)CC(C)(C)N(C)C)C(=O)N(C)[C@H](C[C@@H](OC(=O)N(C)C)c1nc(C(=O)O)cs1)C(C)C. The minimum Gasteiger partial charge on any atom is -0.476 e. The molecule has 0 fully saturated rings. The van der Waals surface area contributed by atoms with Gasteiger partial charge in [0.1, 0.15) is 5.01 Å². The molecule has 0 saturated heterocycles. The maximum absolute atomic E-state index is 14.1. The molecule has 0 aromatic carbocycles. The van der Waals surface area contributed by atoms with E-state index in [1.807, 2.05) is 53.6 Å². The second-order valence-corrected chi connectivity index (χ2v) is 12.6. The molecule has 0 aliphatic carbocycles. The monoisotopic (exact) mass is 605 g/mol. The number of thiazole rings is 1. The Labute approximate surface area is 254 Å². The molecule has 0 radical (unpaired) electrons. The molecule has 1 heterocycles. The van der Waals surface area contributed by atoms with Crippen molar-refractivity contribution in [2.45, 2.75) is 71.6 Å². The average Bonchev–Trinajstić information content (AvgIpc) is 3.38. The Morgan fingerprint density at radius 3 is 2.21 bits per heavy atom. The summed E-state index contributed by atoms with van der Waals surface area (Å²) in [5.41, 5.74) is -0.356. The molecule has 3 amide bonds. The van der Waals surface area contributed by atoms with Gasteiger partial charge in [-0.05, 0) is 40.3 Å². The van der Waals surface area contributed by atoms with Gasteiger partial charge >= 0.3 is 12.1 Å². The van der Waals surface area contributed by atoms with Gasteiger partial charge in [-0.15, -0.1) is 23.7 Å². The number of nitrogens with one attached hydrogen (secondary N) is 1. The predicted octanol–water partition coefficient (Wildman–Crippen LogP) is 4.09. The smallest absolute Gasteiger partial charge is 0.409 e. The zero-order valence-electron chi connectivity index (χ0n) is 26.6. The van der Waals surface area contributed by atoms with E-state index in [-0.39, 0.29) is 42.0 Å². The second kappa shape index (κ2) is 15.7. The molecule has 12 heteroatoms. The summed E-state index contributed by atoms with van der Waals surface area (Å²) in [5.74, 6) is -0.637. The van der Waals surface area contributed by atoms with Crippen LogP contribution in [-0.2, 0) is 14.3 Å². The Balaban J connectivity index is 3.38. The third-order valence-electron chi connectivity index (χ3n) is 7.50. The summed E-state index contributed by atoms with van der Waals surface area (Å²) in [6.07, 6.45) is 5.11. The van der Waals surface area contributed by atoms with Crippen LogP contribution in [0.1, 0.15) is 75.5 Å². The van der Waals surface area contributed by atoms with E-state index in [9.17, 15) is 24.3 Å². The first-order chi connectivity index (χ1) is 19.4. The van der Waals surface area contributed by atoms with Gasteiger partial charge in [0, 0.05) is 62.6 Å². The van der Waals surface area contributed by atoms with Crippen molar-refractivity contribution in [1.82, 2.24) is 25.0 Å². The molecule has 0 saturated carbocycles. The zero-order chi connectivity index (χ0) is 32.5.